The number of nitrogens with zero attached hydrogens (tertiary/aromatic N) is 2. The Morgan fingerprint density at radius 1 is 1.35 bits per heavy atom. The van der Waals surface area contributed by atoms with Gasteiger partial charge in [0.05, 0.1) is 17.6 Å². The number of halogens is 1. The van der Waals surface area contributed by atoms with E-state index in [1.807, 2.05) is 31.2 Å². The Morgan fingerprint density at radius 3 is 2.96 bits per heavy atom. The Balaban J connectivity index is 1.57. The molecule has 2 aromatic heterocycles. The summed E-state index contributed by atoms with van der Waals surface area (Å²) in [7, 11) is 0. The van der Waals surface area contributed by atoms with Crippen molar-refractivity contribution in [3.05, 3.63) is 46.8 Å². The molecule has 0 atom stereocenters. The number of amides is 1. The smallest absolute Gasteiger partial charge is 0.277 e. The zero-order chi connectivity index (χ0) is 16.2. The van der Waals surface area contributed by atoms with E-state index >= 15 is 0 Å². The average molecular weight is 394 g/mol. The molecule has 1 N–H and O–H groups in total. The summed E-state index contributed by atoms with van der Waals surface area (Å²) in [5, 5.41) is 11.0. The van der Waals surface area contributed by atoms with Crippen LogP contribution in [0.15, 0.2) is 55.1 Å². The predicted octanol–water partition coefficient (Wildman–Crippen LogP) is 4.13. The average Bonchev–Trinajstić information content (AvgIpc) is 3.13. The van der Waals surface area contributed by atoms with Crippen LogP contribution in [0.25, 0.3) is 11.5 Å². The van der Waals surface area contributed by atoms with Crippen LogP contribution in [-0.2, 0) is 4.79 Å². The number of hydrogen-bond donors (Lipinski definition) is 1. The second kappa shape index (κ2) is 7.01. The van der Waals surface area contributed by atoms with E-state index in [0.29, 0.717) is 16.9 Å². The molecule has 3 rings (SSSR count). The van der Waals surface area contributed by atoms with E-state index in [0.717, 1.165) is 15.7 Å². The van der Waals surface area contributed by atoms with E-state index in [9.17, 15) is 4.79 Å². The van der Waals surface area contributed by atoms with Gasteiger partial charge in [-0.1, -0.05) is 33.8 Å². The van der Waals surface area contributed by atoms with Crippen LogP contribution in [0.4, 0.5) is 5.69 Å². The van der Waals surface area contributed by atoms with Crippen LogP contribution in [0.2, 0.25) is 0 Å². The van der Waals surface area contributed by atoms with E-state index < -0.39 is 0 Å². The summed E-state index contributed by atoms with van der Waals surface area (Å²) < 4.78 is 11.6. The number of carbonyl (C=O) groups is 1. The normalized spacial score (nSPS) is 10.7. The van der Waals surface area contributed by atoms with Gasteiger partial charge in [-0.25, -0.2) is 0 Å². The van der Waals surface area contributed by atoms with Crippen LogP contribution >= 0.6 is 27.7 Å². The molecule has 0 saturated carbocycles. The van der Waals surface area contributed by atoms with Crippen molar-refractivity contribution in [2.24, 2.45) is 0 Å². The van der Waals surface area contributed by atoms with Crippen LogP contribution in [0.3, 0.4) is 0 Å². The molecule has 0 aliphatic rings. The molecule has 8 heteroatoms. The number of anilines is 1. The number of rotatable bonds is 5. The maximum atomic E-state index is 11.9. The van der Waals surface area contributed by atoms with Crippen LogP contribution in [0, 0.1) is 6.92 Å². The maximum absolute atomic E-state index is 11.9. The molecule has 1 amide bonds. The van der Waals surface area contributed by atoms with Crippen molar-refractivity contribution >= 4 is 39.3 Å². The molecule has 6 nitrogen and oxygen atoms in total. The van der Waals surface area contributed by atoms with Gasteiger partial charge in [0.2, 0.25) is 5.91 Å². The number of furan rings is 1. The van der Waals surface area contributed by atoms with E-state index in [1.54, 1.807) is 12.3 Å². The lowest BCUT2D eigenvalue weighted by Crippen LogP contribution is -2.13. The van der Waals surface area contributed by atoms with Gasteiger partial charge in [-0.2, -0.15) is 0 Å². The Labute approximate surface area is 144 Å². The third kappa shape index (κ3) is 4.02. The van der Waals surface area contributed by atoms with E-state index in [-0.39, 0.29) is 11.7 Å². The molecule has 23 heavy (non-hydrogen) atoms. The van der Waals surface area contributed by atoms with E-state index in [1.165, 1.54) is 11.8 Å². The SMILES string of the molecule is Cc1occc1-c1nnc(SCC(=O)Nc2cccc(Br)c2)o1. The third-order valence-corrected chi connectivity index (χ3v) is 4.24. The zero-order valence-electron chi connectivity index (χ0n) is 12.1. The van der Waals surface area contributed by atoms with Gasteiger partial charge in [0, 0.05) is 10.2 Å². The lowest BCUT2D eigenvalue weighted by molar-refractivity contribution is -0.113. The Kier molecular flexibility index (Phi) is 4.82. The van der Waals surface area contributed by atoms with E-state index in [2.05, 4.69) is 31.4 Å². The van der Waals surface area contributed by atoms with Gasteiger partial charge >= 0.3 is 0 Å². The fraction of sp³-hybridized carbons (Fsp3) is 0.133. The molecule has 0 radical (unpaired) electrons. The fourth-order valence-corrected chi connectivity index (χ4v) is 2.84. The lowest BCUT2D eigenvalue weighted by atomic mass is 10.3. The molecule has 2 heterocycles. The molecular formula is C15H12BrN3O3S. The molecule has 0 bridgehead atoms. The number of thioether (sulfide) groups is 1. The lowest BCUT2D eigenvalue weighted by Gasteiger charge is -2.03. The van der Waals surface area contributed by atoms with Crippen molar-refractivity contribution in [3.8, 4) is 11.5 Å². The minimum atomic E-state index is -0.146. The summed E-state index contributed by atoms with van der Waals surface area (Å²) in [5.41, 5.74) is 1.48. The number of hydrogen-bond acceptors (Lipinski definition) is 6. The molecule has 0 saturated heterocycles. The fourth-order valence-electron chi connectivity index (χ4n) is 1.87. The largest absolute Gasteiger partial charge is 0.469 e. The third-order valence-electron chi connectivity index (χ3n) is 2.93. The van der Waals surface area contributed by atoms with Crippen LogP contribution in [-0.4, -0.2) is 21.9 Å². The topological polar surface area (TPSA) is 81.2 Å². The first kappa shape index (κ1) is 15.8. The molecule has 3 aromatic rings. The first-order chi connectivity index (χ1) is 11.1. The molecular weight excluding hydrogens is 382 g/mol. The first-order valence-corrected chi connectivity index (χ1v) is 8.46. The van der Waals surface area contributed by atoms with E-state index in [4.69, 9.17) is 8.83 Å². The first-order valence-electron chi connectivity index (χ1n) is 6.68. The predicted molar refractivity (Wildman–Crippen MR) is 90.2 cm³/mol. The molecule has 0 unspecified atom stereocenters. The van der Waals surface area contributed by atoms with Gasteiger partial charge in [0.25, 0.3) is 11.1 Å². The van der Waals surface area contributed by atoms with Gasteiger partial charge in [0.1, 0.15) is 5.76 Å². The van der Waals surface area contributed by atoms with Gasteiger partial charge in [-0.15, -0.1) is 10.2 Å². The number of aromatic nitrogens is 2. The monoisotopic (exact) mass is 393 g/mol. The highest BCUT2D eigenvalue weighted by atomic mass is 79.9. The zero-order valence-corrected chi connectivity index (χ0v) is 14.5. The number of benzene rings is 1. The van der Waals surface area contributed by atoms with Crippen molar-refractivity contribution in [1.29, 1.82) is 0 Å². The summed E-state index contributed by atoms with van der Waals surface area (Å²) in [4.78, 5) is 11.9. The number of aryl methyl sites for hydroxylation is 1. The molecule has 1 aromatic carbocycles. The molecule has 0 aliphatic heterocycles. The Hall–Kier alpha value is -2.06. The van der Waals surface area contributed by atoms with Crippen molar-refractivity contribution in [2.45, 2.75) is 12.1 Å². The van der Waals surface area contributed by atoms with Gasteiger partial charge in [-0.05, 0) is 31.2 Å². The van der Waals surface area contributed by atoms with Gasteiger partial charge in [0.15, 0.2) is 0 Å². The summed E-state index contributed by atoms with van der Waals surface area (Å²) in [5.74, 6) is 1.12. The highest BCUT2D eigenvalue weighted by Gasteiger charge is 2.14. The standard InChI is InChI=1S/C15H12BrN3O3S/c1-9-12(5-6-21-9)14-18-19-15(22-14)23-8-13(20)17-11-4-2-3-10(16)7-11/h2-7H,8H2,1H3,(H,17,20). The van der Waals surface area contributed by atoms with Crippen LogP contribution in [0.1, 0.15) is 5.76 Å². The molecule has 0 spiro atoms. The summed E-state index contributed by atoms with van der Waals surface area (Å²) in [6, 6.07) is 9.15. The Bertz CT molecular complexity index is 831. The molecule has 0 fully saturated rings. The molecule has 0 aliphatic carbocycles. The minimum Gasteiger partial charge on any atom is -0.469 e. The highest BCUT2D eigenvalue weighted by Crippen LogP contribution is 2.26. The summed E-state index contributed by atoms with van der Waals surface area (Å²) in [6.45, 7) is 1.82. The second-order valence-electron chi connectivity index (χ2n) is 4.61. The number of nitrogens with one attached hydrogen (secondary N) is 1. The summed E-state index contributed by atoms with van der Waals surface area (Å²) in [6.07, 6.45) is 1.56. The van der Waals surface area contributed by atoms with Crippen molar-refractivity contribution < 1.29 is 13.6 Å². The highest BCUT2D eigenvalue weighted by molar-refractivity contribution is 9.10. The van der Waals surface area contributed by atoms with Crippen LogP contribution in [0.5, 0.6) is 0 Å². The van der Waals surface area contributed by atoms with Gasteiger partial charge < -0.3 is 14.2 Å². The van der Waals surface area contributed by atoms with Gasteiger partial charge in [-0.3, -0.25) is 4.79 Å². The second-order valence-corrected chi connectivity index (χ2v) is 6.45. The van der Waals surface area contributed by atoms with Crippen LogP contribution < -0.4 is 5.32 Å². The van der Waals surface area contributed by atoms with Crippen molar-refractivity contribution in [1.82, 2.24) is 10.2 Å². The maximum Gasteiger partial charge on any atom is 0.277 e. The van der Waals surface area contributed by atoms with Crippen molar-refractivity contribution in [3.63, 3.8) is 0 Å². The summed E-state index contributed by atoms with van der Waals surface area (Å²) >= 11 is 4.54. The van der Waals surface area contributed by atoms with Crippen molar-refractivity contribution in [2.75, 3.05) is 11.1 Å². The quantitative estimate of drug-likeness (QED) is 0.656. The molecule has 118 valence electrons. The minimum absolute atomic E-state index is 0.146. The Morgan fingerprint density at radius 2 is 2.22 bits per heavy atom. The number of carbonyl (C=O) groups excluding carboxylic acids is 1.